The van der Waals surface area contributed by atoms with Crippen LogP contribution in [-0.2, 0) is 12.7 Å². The summed E-state index contributed by atoms with van der Waals surface area (Å²) < 4.78 is 40.9. The Morgan fingerprint density at radius 2 is 1.72 bits per heavy atom. The van der Waals surface area contributed by atoms with Gasteiger partial charge in [-0.2, -0.15) is 13.2 Å². The predicted molar refractivity (Wildman–Crippen MR) is 134 cm³/mol. The normalized spacial score (nSPS) is 15.1. The first kappa shape index (κ1) is 25.6. The summed E-state index contributed by atoms with van der Waals surface area (Å²) in [5.74, 6) is -0.0175. The Balaban J connectivity index is 1.58. The smallest absolute Gasteiger partial charge is 0.357 e. The van der Waals surface area contributed by atoms with Crippen LogP contribution in [0.2, 0.25) is 0 Å². The maximum absolute atomic E-state index is 13.6. The fraction of sp³-hybridized carbons (Fsp3) is 0.346. The minimum atomic E-state index is -4.52. The highest BCUT2D eigenvalue weighted by Crippen LogP contribution is 2.33. The highest BCUT2D eigenvalue weighted by Gasteiger charge is 2.31. The number of anilines is 2. The Labute approximate surface area is 208 Å². The van der Waals surface area contributed by atoms with Crippen molar-refractivity contribution in [3.63, 3.8) is 0 Å². The zero-order valence-corrected chi connectivity index (χ0v) is 20.5. The molecule has 0 atom stereocenters. The van der Waals surface area contributed by atoms with Crippen molar-refractivity contribution in [3.8, 4) is 11.1 Å². The third-order valence-electron chi connectivity index (χ3n) is 6.27. The van der Waals surface area contributed by atoms with Crippen molar-refractivity contribution < 1.29 is 18.0 Å². The van der Waals surface area contributed by atoms with E-state index in [1.807, 2.05) is 14.0 Å². The van der Waals surface area contributed by atoms with Gasteiger partial charge < -0.3 is 15.5 Å². The monoisotopic (exact) mass is 498 g/mol. The number of carbonyl (C=O) groups is 1. The van der Waals surface area contributed by atoms with Gasteiger partial charge in [0.25, 0.3) is 5.91 Å². The average Bonchev–Trinajstić information content (AvgIpc) is 2.85. The summed E-state index contributed by atoms with van der Waals surface area (Å²) in [6.07, 6.45) is -1.21. The second-order valence-electron chi connectivity index (χ2n) is 9.02. The van der Waals surface area contributed by atoms with Gasteiger partial charge in [-0.1, -0.05) is 6.07 Å². The summed E-state index contributed by atoms with van der Waals surface area (Å²) >= 11 is 0. The number of aromatic nitrogens is 2. The van der Waals surface area contributed by atoms with E-state index in [0.29, 0.717) is 23.6 Å². The van der Waals surface area contributed by atoms with Crippen LogP contribution in [0.5, 0.6) is 0 Å². The van der Waals surface area contributed by atoms with Crippen LogP contribution in [0.4, 0.5) is 24.8 Å². The van der Waals surface area contributed by atoms with Crippen LogP contribution in [-0.4, -0.2) is 65.9 Å². The minimum absolute atomic E-state index is 0.114. The molecule has 36 heavy (non-hydrogen) atoms. The van der Waals surface area contributed by atoms with Gasteiger partial charge in [-0.25, -0.2) is 9.97 Å². The number of hydrogen-bond acceptors (Lipinski definition) is 6. The number of halogens is 3. The SMILES string of the molecule is CNc1ncc(-c2cc(C(=O)Nc3cc(CN4CCN(C)CC4)cc(C(F)(F)F)c3)ccc2C)cn1. The third-order valence-corrected chi connectivity index (χ3v) is 6.27. The van der Waals surface area contributed by atoms with Crippen LogP contribution in [0.25, 0.3) is 11.1 Å². The molecule has 2 N–H and O–H groups in total. The zero-order valence-electron chi connectivity index (χ0n) is 20.5. The molecule has 190 valence electrons. The first-order valence-corrected chi connectivity index (χ1v) is 11.7. The van der Waals surface area contributed by atoms with Crippen LogP contribution in [0.15, 0.2) is 48.8 Å². The van der Waals surface area contributed by atoms with E-state index < -0.39 is 17.6 Å². The fourth-order valence-electron chi connectivity index (χ4n) is 4.16. The summed E-state index contributed by atoms with van der Waals surface area (Å²) in [6, 6.07) is 8.89. The van der Waals surface area contributed by atoms with Crippen LogP contribution in [0, 0.1) is 6.92 Å². The molecule has 0 bridgehead atoms. The van der Waals surface area contributed by atoms with E-state index in [9.17, 15) is 18.0 Å². The number of likely N-dealkylation sites (N-methyl/N-ethyl adjacent to an activating group) is 1. The molecule has 0 radical (unpaired) electrons. The Kier molecular flexibility index (Phi) is 7.56. The van der Waals surface area contributed by atoms with Gasteiger partial charge in [-0.05, 0) is 61.0 Å². The summed E-state index contributed by atoms with van der Waals surface area (Å²) in [4.78, 5) is 25.8. The van der Waals surface area contributed by atoms with Gasteiger partial charge in [-0.3, -0.25) is 9.69 Å². The molecule has 0 saturated carbocycles. The molecule has 0 spiro atoms. The summed E-state index contributed by atoms with van der Waals surface area (Å²) in [7, 11) is 3.74. The number of alkyl halides is 3. The van der Waals surface area contributed by atoms with Crippen molar-refractivity contribution in [2.75, 3.05) is 50.9 Å². The predicted octanol–water partition coefficient (Wildman–Crippen LogP) is 4.51. The van der Waals surface area contributed by atoms with E-state index in [2.05, 4.69) is 30.4 Å². The van der Waals surface area contributed by atoms with Gasteiger partial charge in [0.15, 0.2) is 0 Å². The number of nitrogens with zero attached hydrogens (tertiary/aromatic N) is 4. The first-order valence-electron chi connectivity index (χ1n) is 11.7. The highest BCUT2D eigenvalue weighted by molar-refractivity contribution is 6.05. The fourth-order valence-corrected chi connectivity index (χ4v) is 4.16. The molecule has 1 amide bonds. The molecule has 0 unspecified atom stereocenters. The molecule has 4 rings (SSSR count). The number of carbonyl (C=O) groups excluding carboxylic acids is 1. The van der Waals surface area contributed by atoms with Crippen molar-refractivity contribution in [3.05, 3.63) is 71.0 Å². The van der Waals surface area contributed by atoms with Crippen LogP contribution < -0.4 is 10.6 Å². The Morgan fingerprint density at radius 1 is 1.03 bits per heavy atom. The largest absolute Gasteiger partial charge is 0.416 e. The maximum atomic E-state index is 13.6. The van der Waals surface area contributed by atoms with Crippen molar-refractivity contribution in [2.24, 2.45) is 0 Å². The van der Waals surface area contributed by atoms with Gasteiger partial charge in [0.2, 0.25) is 5.95 Å². The van der Waals surface area contributed by atoms with Crippen molar-refractivity contribution in [2.45, 2.75) is 19.6 Å². The maximum Gasteiger partial charge on any atom is 0.416 e. The molecule has 2 heterocycles. The van der Waals surface area contributed by atoms with Gasteiger partial charge in [0, 0.05) is 69.0 Å². The molecule has 1 saturated heterocycles. The minimum Gasteiger partial charge on any atom is -0.357 e. The van der Waals surface area contributed by atoms with Gasteiger partial charge in [0.05, 0.1) is 5.56 Å². The van der Waals surface area contributed by atoms with E-state index in [1.54, 1.807) is 43.7 Å². The molecule has 1 aromatic heterocycles. The number of rotatable bonds is 6. The van der Waals surface area contributed by atoms with E-state index in [1.165, 1.54) is 0 Å². The molecular formula is C26H29F3N6O. The molecule has 10 heteroatoms. The molecule has 1 aliphatic heterocycles. The molecule has 1 fully saturated rings. The Hall–Kier alpha value is -3.50. The van der Waals surface area contributed by atoms with Crippen molar-refractivity contribution in [1.29, 1.82) is 0 Å². The molecule has 2 aromatic carbocycles. The van der Waals surface area contributed by atoms with E-state index >= 15 is 0 Å². The lowest BCUT2D eigenvalue weighted by Gasteiger charge is -2.32. The topological polar surface area (TPSA) is 73.4 Å². The molecule has 0 aliphatic carbocycles. The standard InChI is InChI=1S/C26H29F3N6O/c1-17-4-5-19(12-23(17)20-14-31-25(30-2)32-15-20)24(36)33-22-11-18(10-21(13-22)26(27,28)29)16-35-8-6-34(3)7-9-35/h4-5,10-15H,6-9,16H2,1-3H3,(H,33,36)(H,30,31,32). The number of benzene rings is 2. The number of piperazine rings is 1. The van der Waals surface area contributed by atoms with Crippen LogP contribution >= 0.6 is 0 Å². The number of amides is 1. The van der Waals surface area contributed by atoms with E-state index in [-0.39, 0.29) is 5.69 Å². The number of aryl methyl sites for hydroxylation is 1. The van der Waals surface area contributed by atoms with Crippen molar-refractivity contribution in [1.82, 2.24) is 19.8 Å². The lowest BCUT2D eigenvalue weighted by atomic mass is 10.00. The van der Waals surface area contributed by atoms with Crippen LogP contribution in [0.1, 0.15) is 27.0 Å². The lowest BCUT2D eigenvalue weighted by molar-refractivity contribution is -0.137. The average molecular weight is 499 g/mol. The zero-order chi connectivity index (χ0) is 25.9. The lowest BCUT2D eigenvalue weighted by Crippen LogP contribution is -2.43. The van der Waals surface area contributed by atoms with E-state index in [4.69, 9.17) is 0 Å². The third kappa shape index (κ3) is 6.19. The van der Waals surface area contributed by atoms with Crippen molar-refractivity contribution >= 4 is 17.5 Å². The molecule has 7 nitrogen and oxygen atoms in total. The molecular weight excluding hydrogens is 469 g/mol. The quantitative estimate of drug-likeness (QED) is 0.521. The van der Waals surface area contributed by atoms with E-state index in [0.717, 1.165) is 55.0 Å². The molecule has 1 aliphatic rings. The van der Waals surface area contributed by atoms with Crippen LogP contribution in [0.3, 0.4) is 0 Å². The number of nitrogens with one attached hydrogen (secondary N) is 2. The first-order chi connectivity index (χ1) is 17.1. The van der Waals surface area contributed by atoms with Gasteiger partial charge >= 0.3 is 6.18 Å². The molecule has 3 aromatic rings. The summed E-state index contributed by atoms with van der Waals surface area (Å²) in [5.41, 5.74) is 2.58. The Morgan fingerprint density at radius 3 is 2.36 bits per heavy atom. The number of hydrogen-bond donors (Lipinski definition) is 2. The summed E-state index contributed by atoms with van der Waals surface area (Å²) in [5, 5.41) is 5.52. The highest BCUT2D eigenvalue weighted by atomic mass is 19.4. The summed E-state index contributed by atoms with van der Waals surface area (Å²) in [6.45, 7) is 5.57. The second kappa shape index (κ2) is 10.6. The van der Waals surface area contributed by atoms with Gasteiger partial charge in [-0.15, -0.1) is 0 Å². The van der Waals surface area contributed by atoms with Gasteiger partial charge in [0.1, 0.15) is 0 Å². The Bertz CT molecular complexity index is 1220. The second-order valence-corrected chi connectivity index (χ2v) is 9.02.